The molecule has 0 spiro atoms. The molecule has 188 valence electrons. The van der Waals surface area contributed by atoms with Gasteiger partial charge < -0.3 is 4.74 Å². The van der Waals surface area contributed by atoms with E-state index in [0.717, 1.165) is 17.3 Å². The van der Waals surface area contributed by atoms with Crippen molar-refractivity contribution >= 4 is 34.8 Å². The first kappa shape index (κ1) is 26.3. The number of nitrogens with zero attached hydrogens (tertiary/aromatic N) is 3. The highest BCUT2D eigenvalue weighted by Gasteiger charge is 2.32. The van der Waals surface area contributed by atoms with Crippen LogP contribution >= 0.6 is 34.8 Å². The summed E-state index contributed by atoms with van der Waals surface area (Å²) in [4.78, 5) is 8.19. The molecule has 0 bridgehead atoms. The number of aromatic nitrogens is 3. The van der Waals surface area contributed by atoms with E-state index >= 15 is 0 Å². The molecule has 0 radical (unpaired) electrons. The summed E-state index contributed by atoms with van der Waals surface area (Å²) in [7, 11) is 0. The minimum atomic E-state index is -4.58. The third kappa shape index (κ3) is 5.31. The second-order valence-electron chi connectivity index (χ2n) is 8.42. The molecular formula is C25H18Cl3F4N3O. The van der Waals surface area contributed by atoms with E-state index in [9.17, 15) is 17.6 Å². The van der Waals surface area contributed by atoms with E-state index < -0.39 is 23.0 Å². The van der Waals surface area contributed by atoms with Crippen LogP contribution in [0.3, 0.4) is 0 Å². The van der Waals surface area contributed by atoms with Crippen molar-refractivity contribution in [3.8, 4) is 11.6 Å². The maximum atomic E-state index is 13.7. The Morgan fingerprint density at radius 3 is 2.11 bits per heavy atom. The molecule has 0 amide bonds. The minimum Gasteiger partial charge on any atom is -0.468 e. The van der Waals surface area contributed by atoms with Gasteiger partial charge in [-0.1, -0.05) is 54.7 Å². The van der Waals surface area contributed by atoms with Gasteiger partial charge >= 0.3 is 6.18 Å². The molecule has 2 aromatic heterocycles. The Labute approximate surface area is 219 Å². The molecule has 0 aliphatic heterocycles. The van der Waals surface area contributed by atoms with Gasteiger partial charge in [-0.05, 0) is 48.0 Å². The highest BCUT2D eigenvalue weighted by molar-refractivity contribution is 6.42. The number of halogens is 7. The summed E-state index contributed by atoms with van der Waals surface area (Å²) >= 11 is 18.3. The van der Waals surface area contributed by atoms with Gasteiger partial charge in [-0.15, -0.1) is 0 Å². The summed E-state index contributed by atoms with van der Waals surface area (Å²) in [6, 6.07) is 11.8. The normalized spacial score (nSPS) is 12.1. The van der Waals surface area contributed by atoms with Crippen LogP contribution in [0.4, 0.5) is 17.6 Å². The van der Waals surface area contributed by atoms with Crippen molar-refractivity contribution < 1.29 is 22.3 Å². The number of imidazole rings is 1. The Balaban J connectivity index is 1.74. The lowest BCUT2D eigenvalue weighted by molar-refractivity contribution is -0.137. The third-order valence-corrected chi connectivity index (χ3v) is 6.68. The molecule has 4 aromatic rings. The van der Waals surface area contributed by atoms with Crippen molar-refractivity contribution in [2.75, 3.05) is 0 Å². The summed E-state index contributed by atoms with van der Waals surface area (Å²) in [5, 5.41) is 0.515. The summed E-state index contributed by atoms with van der Waals surface area (Å²) in [5.41, 5.74) is 0.538. The number of hydrogen-bond acceptors (Lipinski definition) is 3. The van der Waals surface area contributed by atoms with Crippen LogP contribution in [0.2, 0.25) is 15.1 Å². The first-order chi connectivity index (χ1) is 16.9. The number of hydrogen-bond donors (Lipinski definition) is 0. The number of pyridine rings is 1. The fourth-order valence-corrected chi connectivity index (χ4v) is 4.18. The van der Waals surface area contributed by atoms with Gasteiger partial charge in [-0.25, -0.2) is 14.4 Å². The van der Waals surface area contributed by atoms with E-state index in [4.69, 9.17) is 39.5 Å². The molecule has 2 heterocycles. The van der Waals surface area contributed by atoms with E-state index in [-0.39, 0.29) is 17.5 Å². The predicted molar refractivity (Wildman–Crippen MR) is 131 cm³/mol. The van der Waals surface area contributed by atoms with Crippen molar-refractivity contribution in [1.29, 1.82) is 0 Å². The zero-order valence-electron chi connectivity index (χ0n) is 18.9. The Hall–Kier alpha value is -2.81. The highest BCUT2D eigenvalue weighted by Crippen LogP contribution is 2.37. The van der Waals surface area contributed by atoms with Crippen molar-refractivity contribution in [1.82, 2.24) is 14.5 Å². The quantitative estimate of drug-likeness (QED) is 0.224. The van der Waals surface area contributed by atoms with Gasteiger partial charge in [-0.3, -0.25) is 4.57 Å². The lowest BCUT2D eigenvalue weighted by Crippen LogP contribution is -2.24. The van der Waals surface area contributed by atoms with Crippen LogP contribution in [-0.4, -0.2) is 14.5 Å². The van der Waals surface area contributed by atoms with Crippen LogP contribution in [0.1, 0.15) is 36.5 Å². The van der Waals surface area contributed by atoms with E-state index in [0.29, 0.717) is 27.8 Å². The number of alkyl halides is 3. The molecule has 0 aliphatic rings. The number of rotatable bonds is 6. The number of benzene rings is 2. The zero-order valence-corrected chi connectivity index (χ0v) is 21.1. The largest absolute Gasteiger partial charge is 0.468 e. The summed E-state index contributed by atoms with van der Waals surface area (Å²) < 4.78 is 59.9. The molecule has 4 rings (SSSR count). The van der Waals surface area contributed by atoms with Crippen LogP contribution in [0.15, 0.2) is 60.9 Å². The maximum absolute atomic E-state index is 13.7. The van der Waals surface area contributed by atoms with Crippen molar-refractivity contribution in [2.45, 2.75) is 32.0 Å². The van der Waals surface area contributed by atoms with Gasteiger partial charge in [0, 0.05) is 23.5 Å². The topological polar surface area (TPSA) is 39.9 Å². The lowest BCUT2D eigenvalue weighted by Gasteiger charge is -2.28. The second-order valence-corrected chi connectivity index (χ2v) is 9.64. The van der Waals surface area contributed by atoms with E-state index in [2.05, 4.69) is 9.97 Å². The van der Waals surface area contributed by atoms with E-state index in [1.54, 1.807) is 35.0 Å². The molecule has 0 unspecified atom stereocenters. The molecule has 2 aromatic carbocycles. The summed E-state index contributed by atoms with van der Waals surface area (Å²) in [6.07, 6.45) is -2.29. The first-order valence-electron chi connectivity index (χ1n) is 10.5. The van der Waals surface area contributed by atoms with Gasteiger partial charge in [0.15, 0.2) is 5.82 Å². The Morgan fingerprint density at radius 1 is 0.833 bits per heavy atom. The van der Waals surface area contributed by atoms with Crippen LogP contribution in [0.5, 0.6) is 5.88 Å². The molecule has 0 atom stereocenters. The maximum Gasteiger partial charge on any atom is 0.417 e. The van der Waals surface area contributed by atoms with Crippen LogP contribution in [0, 0.1) is 5.82 Å². The standard InChI is InChI=1S/C25H18Cl3F4N3O/c1-24(2,14-3-8-18(26)19(27)9-14)21-12-33-22(35(21)17-6-4-16(29)5-7-17)13-36-23-20(28)10-15(11-34-23)25(30,31)32/h3-12H,13H2,1-2H3. The predicted octanol–water partition coefficient (Wildman–Crippen LogP) is 8.29. The average Bonchev–Trinajstić information content (AvgIpc) is 3.24. The zero-order chi connectivity index (χ0) is 26.3. The van der Waals surface area contributed by atoms with Gasteiger partial charge in [0.05, 0.1) is 21.3 Å². The molecule has 0 N–H and O–H groups in total. The van der Waals surface area contributed by atoms with Gasteiger partial charge in [0.2, 0.25) is 5.88 Å². The molecular weight excluding hydrogens is 541 g/mol. The number of ether oxygens (including phenoxy) is 1. The SMILES string of the molecule is CC(C)(c1ccc(Cl)c(Cl)c1)c1cnc(COc2ncc(C(F)(F)F)cc2Cl)n1-c1ccc(F)cc1. The van der Waals surface area contributed by atoms with Crippen molar-refractivity contribution in [3.63, 3.8) is 0 Å². The van der Waals surface area contributed by atoms with E-state index in [1.807, 2.05) is 19.9 Å². The first-order valence-corrected chi connectivity index (χ1v) is 11.7. The highest BCUT2D eigenvalue weighted by atomic mass is 35.5. The van der Waals surface area contributed by atoms with Gasteiger partial charge in [0.25, 0.3) is 0 Å². The van der Waals surface area contributed by atoms with Gasteiger partial charge in [-0.2, -0.15) is 13.2 Å². The molecule has 0 saturated carbocycles. The van der Waals surface area contributed by atoms with E-state index in [1.165, 1.54) is 12.1 Å². The van der Waals surface area contributed by atoms with Crippen molar-refractivity contribution in [2.24, 2.45) is 0 Å². The van der Waals surface area contributed by atoms with Crippen LogP contribution < -0.4 is 4.74 Å². The monoisotopic (exact) mass is 557 g/mol. The Morgan fingerprint density at radius 2 is 1.50 bits per heavy atom. The van der Waals surface area contributed by atoms with Crippen molar-refractivity contribution in [3.05, 3.63) is 104 Å². The Kier molecular flexibility index (Phi) is 7.23. The molecule has 0 saturated heterocycles. The summed E-state index contributed by atoms with van der Waals surface area (Å²) in [6.45, 7) is 3.75. The molecule has 11 heteroatoms. The minimum absolute atomic E-state index is 0.174. The van der Waals surface area contributed by atoms with Crippen LogP contribution in [-0.2, 0) is 18.2 Å². The molecule has 0 fully saturated rings. The lowest BCUT2D eigenvalue weighted by atomic mass is 9.81. The third-order valence-electron chi connectivity index (χ3n) is 5.67. The molecule has 4 nitrogen and oxygen atoms in total. The fraction of sp³-hybridized carbons (Fsp3) is 0.200. The molecule has 0 aliphatic carbocycles. The average molecular weight is 559 g/mol. The summed E-state index contributed by atoms with van der Waals surface area (Å²) in [5.74, 6) is -0.200. The van der Waals surface area contributed by atoms with Gasteiger partial charge in [0.1, 0.15) is 17.4 Å². The Bertz CT molecular complexity index is 1400. The van der Waals surface area contributed by atoms with Crippen LogP contribution in [0.25, 0.3) is 5.69 Å². The smallest absolute Gasteiger partial charge is 0.417 e. The fourth-order valence-electron chi connectivity index (χ4n) is 3.66. The molecule has 36 heavy (non-hydrogen) atoms. The second kappa shape index (κ2) is 9.92.